The molecule has 4 rings (SSSR count). The second-order valence-electron chi connectivity index (χ2n) is 6.41. The average molecular weight is 312 g/mol. The fourth-order valence-corrected chi connectivity index (χ4v) is 7.18. The van der Waals surface area contributed by atoms with E-state index in [1.807, 2.05) is 24.4 Å². The van der Waals surface area contributed by atoms with Crippen molar-refractivity contribution in [2.45, 2.75) is 13.1 Å². The van der Waals surface area contributed by atoms with Crippen molar-refractivity contribution in [2.24, 2.45) is 0 Å². The minimum Gasteiger partial charge on any atom is -0.256 e. The summed E-state index contributed by atoms with van der Waals surface area (Å²) < 4.78 is 0. The number of aromatic nitrogens is 1. The highest BCUT2D eigenvalue weighted by molar-refractivity contribution is 7.04. The van der Waals surface area contributed by atoms with E-state index in [2.05, 4.69) is 60.5 Å². The number of rotatable bonds is 1. The summed E-state index contributed by atoms with van der Waals surface area (Å²) in [5, 5.41) is 12.4. The van der Waals surface area contributed by atoms with E-state index >= 15 is 0 Å². The van der Waals surface area contributed by atoms with E-state index in [0.29, 0.717) is 0 Å². The summed E-state index contributed by atoms with van der Waals surface area (Å²) in [4.78, 5) is 4.55. The Morgan fingerprint density at radius 3 is 2.43 bits per heavy atom. The maximum Gasteiger partial charge on any atom is 0.114 e. The Labute approximate surface area is 137 Å². The van der Waals surface area contributed by atoms with Crippen molar-refractivity contribution < 1.29 is 0 Å². The molecule has 0 amide bonds. The van der Waals surface area contributed by atoms with Crippen LogP contribution in [0.25, 0.3) is 22.4 Å². The lowest BCUT2D eigenvalue weighted by molar-refractivity contribution is 1.33. The van der Waals surface area contributed by atoms with Crippen LogP contribution in [0.4, 0.5) is 0 Å². The van der Waals surface area contributed by atoms with Crippen LogP contribution in [0.2, 0.25) is 13.1 Å². The first kappa shape index (κ1) is 13.9. The molecule has 2 nitrogen and oxygen atoms in total. The Morgan fingerprint density at radius 2 is 1.70 bits per heavy atom. The number of benzene rings is 2. The Bertz CT molecular complexity index is 953. The van der Waals surface area contributed by atoms with Gasteiger partial charge in [-0.05, 0) is 39.7 Å². The third-order valence-corrected chi connectivity index (χ3v) is 8.31. The van der Waals surface area contributed by atoms with Gasteiger partial charge in [0, 0.05) is 11.8 Å². The quantitative estimate of drug-likeness (QED) is 0.646. The van der Waals surface area contributed by atoms with Crippen LogP contribution < -0.4 is 10.4 Å². The fourth-order valence-electron chi connectivity index (χ4n) is 3.74. The summed E-state index contributed by atoms with van der Waals surface area (Å²) in [6, 6.07) is 20.9. The molecule has 3 heteroatoms. The van der Waals surface area contributed by atoms with E-state index in [1.165, 1.54) is 21.5 Å². The fraction of sp³-hybridized carbons (Fsp3) is 0.100. The predicted molar refractivity (Wildman–Crippen MR) is 96.6 cm³/mol. The molecular formula is C20H16N2Si. The Morgan fingerprint density at radius 1 is 0.913 bits per heavy atom. The van der Waals surface area contributed by atoms with Gasteiger partial charge in [0.05, 0.1) is 17.3 Å². The number of nitriles is 1. The van der Waals surface area contributed by atoms with Gasteiger partial charge in [0.2, 0.25) is 0 Å². The summed E-state index contributed by atoms with van der Waals surface area (Å²) in [6.45, 7) is 4.73. The third kappa shape index (κ3) is 1.89. The highest BCUT2D eigenvalue weighted by atomic mass is 28.3. The molecule has 23 heavy (non-hydrogen) atoms. The lowest BCUT2D eigenvalue weighted by atomic mass is 9.96. The Hall–Kier alpha value is -2.70. The van der Waals surface area contributed by atoms with Crippen LogP contribution in [0.1, 0.15) is 5.56 Å². The minimum atomic E-state index is -1.85. The van der Waals surface area contributed by atoms with Gasteiger partial charge in [-0.15, -0.1) is 0 Å². The van der Waals surface area contributed by atoms with E-state index in [1.54, 1.807) is 0 Å². The molecule has 0 atom stereocenters. The van der Waals surface area contributed by atoms with Gasteiger partial charge < -0.3 is 0 Å². The van der Waals surface area contributed by atoms with E-state index in [0.717, 1.165) is 16.8 Å². The Balaban J connectivity index is 2.13. The summed E-state index contributed by atoms with van der Waals surface area (Å²) in [7, 11) is -1.85. The van der Waals surface area contributed by atoms with E-state index in [4.69, 9.17) is 0 Å². The van der Waals surface area contributed by atoms with E-state index < -0.39 is 8.07 Å². The largest absolute Gasteiger partial charge is 0.256 e. The van der Waals surface area contributed by atoms with Gasteiger partial charge in [-0.3, -0.25) is 4.98 Å². The van der Waals surface area contributed by atoms with Crippen LogP contribution in [0, 0.1) is 11.3 Å². The van der Waals surface area contributed by atoms with Gasteiger partial charge in [0.1, 0.15) is 8.07 Å². The zero-order valence-electron chi connectivity index (χ0n) is 13.2. The van der Waals surface area contributed by atoms with Crippen molar-refractivity contribution in [3.05, 3.63) is 66.4 Å². The van der Waals surface area contributed by atoms with E-state index in [-0.39, 0.29) is 0 Å². The molecule has 0 saturated carbocycles. The van der Waals surface area contributed by atoms with Crippen molar-refractivity contribution in [3.8, 4) is 28.5 Å². The van der Waals surface area contributed by atoms with Crippen LogP contribution in [0.3, 0.4) is 0 Å². The molecule has 1 aliphatic rings. The van der Waals surface area contributed by atoms with Crippen molar-refractivity contribution in [1.29, 1.82) is 5.26 Å². The lowest BCUT2D eigenvalue weighted by Gasteiger charge is -2.22. The van der Waals surface area contributed by atoms with Gasteiger partial charge in [-0.25, -0.2) is 0 Å². The minimum absolute atomic E-state index is 0.769. The van der Waals surface area contributed by atoms with Crippen LogP contribution >= 0.6 is 0 Å². The van der Waals surface area contributed by atoms with Gasteiger partial charge in [0.15, 0.2) is 0 Å². The van der Waals surface area contributed by atoms with Crippen LogP contribution in [-0.4, -0.2) is 13.1 Å². The molecule has 3 aromatic rings. The zero-order chi connectivity index (χ0) is 16.0. The molecule has 0 spiro atoms. The van der Waals surface area contributed by atoms with Crippen molar-refractivity contribution in [1.82, 2.24) is 4.98 Å². The average Bonchev–Trinajstić information content (AvgIpc) is 2.84. The first-order valence-corrected chi connectivity index (χ1v) is 10.7. The van der Waals surface area contributed by atoms with Crippen molar-refractivity contribution in [2.75, 3.05) is 0 Å². The molecule has 0 fully saturated rings. The van der Waals surface area contributed by atoms with Crippen LogP contribution in [-0.2, 0) is 0 Å². The normalized spacial score (nSPS) is 14.0. The van der Waals surface area contributed by atoms with Crippen LogP contribution in [0.5, 0.6) is 0 Å². The topological polar surface area (TPSA) is 36.7 Å². The lowest BCUT2D eigenvalue weighted by Crippen LogP contribution is -2.50. The maximum absolute atomic E-state index is 9.61. The molecule has 2 aromatic carbocycles. The molecule has 0 saturated heterocycles. The predicted octanol–water partition coefficient (Wildman–Crippen LogP) is 3.42. The Kier molecular flexibility index (Phi) is 2.97. The summed E-state index contributed by atoms with van der Waals surface area (Å²) in [6.07, 6.45) is 1.83. The molecule has 1 aliphatic heterocycles. The number of fused-ring (bicyclic) bond motifs is 3. The zero-order valence-corrected chi connectivity index (χ0v) is 14.2. The van der Waals surface area contributed by atoms with Gasteiger partial charge >= 0.3 is 0 Å². The first-order valence-electron chi connectivity index (χ1n) is 7.73. The second-order valence-corrected chi connectivity index (χ2v) is 10.7. The highest BCUT2D eigenvalue weighted by Crippen LogP contribution is 2.34. The molecule has 0 radical (unpaired) electrons. The van der Waals surface area contributed by atoms with Crippen LogP contribution in [0.15, 0.2) is 60.8 Å². The van der Waals surface area contributed by atoms with E-state index in [9.17, 15) is 5.26 Å². The molecular weight excluding hydrogens is 296 g/mol. The second kappa shape index (κ2) is 4.90. The summed E-state index contributed by atoms with van der Waals surface area (Å²) >= 11 is 0. The number of pyridine rings is 1. The molecule has 0 aliphatic carbocycles. The smallest absolute Gasteiger partial charge is 0.114 e. The standard InChI is InChI=1S/C20H16N2Si/c1-23(2)18-9-4-3-7-16(18)19-14(13-21)10-11-15(20(19)23)17-8-5-6-12-22-17/h3-12H,1-2H3. The summed E-state index contributed by atoms with van der Waals surface area (Å²) in [5.74, 6) is 0. The number of hydrogen-bond donors (Lipinski definition) is 0. The summed E-state index contributed by atoms with van der Waals surface area (Å²) in [5.41, 5.74) is 5.29. The molecule has 110 valence electrons. The SMILES string of the molecule is C[Si]1(C)c2ccccc2-c2c(C#N)ccc(-c3ccccn3)c21. The molecule has 0 unspecified atom stereocenters. The number of nitrogens with zero attached hydrogens (tertiary/aromatic N) is 2. The maximum atomic E-state index is 9.61. The van der Waals surface area contributed by atoms with Gasteiger partial charge in [0.25, 0.3) is 0 Å². The van der Waals surface area contributed by atoms with Crippen molar-refractivity contribution >= 4 is 18.4 Å². The number of hydrogen-bond acceptors (Lipinski definition) is 2. The molecule has 0 N–H and O–H groups in total. The monoisotopic (exact) mass is 312 g/mol. The third-order valence-electron chi connectivity index (χ3n) is 4.76. The molecule has 0 bridgehead atoms. The highest BCUT2D eigenvalue weighted by Gasteiger charge is 2.40. The first-order chi connectivity index (χ1) is 11.1. The van der Waals surface area contributed by atoms with Gasteiger partial charge in [-0.2, -0.15) is 5.26 Å². The van der Waals surface area contributed by atoms with Crippen molar-refractivity contribution in [3.63, 3.8) is 0 Å². The molecule has 2 heterocycles. The molecule has 1 aromatic heterocycles. The van der Waals surface area contributed by atoms with Gasteiger partial charge in [-0.1, -0.05) is 49.5 Å².